The van der Waals surface area contributed by atoms with Crippen LogP contribution in [0.15, 0.2) is 0 Å². The summed E-state index contributed by atoms with van der Waals surface area (Å²) >= 11 is 0. The number of nitrogens with zero attached hydrogens (tertiary/aromatic N) is 1. The van der Waals surface area contributed by atoms with Gasteiger partial charge in [-0.2, -0.15) is 13.2 Å². The lowest BCUT2D eigenvalue weighted by atomic mass is 9.79. The first-order chi connectivity index (χ1) is 6.32. The SMILES string of the molecule is COCC1(C(F)(F)F)CN(C(C)=O)C1. The van der Waals surface area contributed by atoms with Gasteiger partial charge in [0.25, 0.3) is 0 Å². The molecule has 0 unspecified atom stereocenters. The number of hydrogen-bond donors (Lipinski definition) is 0. The van der Waals surface area contributed by atoms with E-state index in [0.717, 1.165) is 4.90 Å². The molecule has 0 aliphatic carbocycles. The van der Waals surface area contributed by atoms with Crippen molar-refractivity contribution in [2.24, 2.45) is 5.41 Å². The first-order valence-corrected chi connectivity index (χ1v) is 4.13. The summed E-state index contributed by atoms with van der Waals surface area (Å²) in [6.07, 6.45) is -4.31. The summed E-state index contributed by atoms with van der Waals surface area (Å²) in [6, 6.07) is 0. The second-order valence-corrected chi connectivity index (χ2v) is 3.59. The Kier molecular flexibility index (Phi) is 2.76. The molecule has 0 spiro atoms. The number of hydrogen-bond acceptors (Lipinski definition) is 2. The highest BCUT2D eigenvalue weighted by Crippen LogP contribution is 2.45. The molecule has 0 saturated carbocycles. The Morgan fingerprint density at radius 1 is 1.50 bits per heavy atom. The number of methoxy groups -OCH3 is 1. The van der Waals surface area contributed by atoms with Crippen LogP contribution >= 0.6 is 0 Å². The standard InChI is InChI=1S/C8H12F3NO2/c1-6(13)12-3-7(4-12,5-14-2)8(9,10)11/h3-5H2,1-2H3. The third kappa shape index (κ3) is 1.70. The molecule has 0 aromatic heterocycles. The largest absolute Gasteiger partial charge is 0.400 e. The van der Waals surface area contributed by atoms with E-state index in [4.69, 9.17) is 0 Å². The molecule has 1 aliphatic heterocycles. The summed E-state index contributed by atoms with van der Waals surface area (Å²) in [6.45, 7) is 0.284. The van der Waals surface area contributed by atoms with Crippen molar-refractivity contribution in [3.8, 4) is 0 Å². The molecule has 6 heteroatoms. The van der Waals surface area contributed by atoms with E-state index in [2.05, 4.69) is 4.74 Å². The third-order valence-electron chi connectivity index (χ3n) is 2.45. The van der Waals surface area contributed by atoms with Gasteiger partial charge in [0.1, 0.15) is 5.41 Å². The van der Waals surface area contributed by atoms with Gasteiger partial charge in [-0.15, -0.1) is 0 Å². The molecule has 14 heavy (non-hydrogen) atoms. The smallest absolute Gasteiger partial charge is 0.384 e. The highest BCUT2D eigenvalue weighted by molar-refractivity contribution is 5.74. The molecule has 0 N–H and O–H groups in total. The molecule has 1 fully saturated rings. The highest BCUT2D eigenvalue weighted by Gasteiger charge is 2.62. The Hall–Kier alpha value is -0.780. The Balaban J connectivity index is 2.67. The van der Waals surface area contributed by atoms with Crippen LogP contribution in [0.4, 0.5) is 13.2 Å². The summed E-state index contributed by atoms with van der Waals surface area (Å²) in [5, 5.41) is 0. The lowest BCUT2D eigenvalue weighted by Crippen LogP contribution is -2.66. The normalized spacial score (nSPS) is 20.5. The predicted octanol–water partition coefficient (Wildman–Crippen LogP) is 1.04. The van der Waals surface area contributed by atoms with Crippen molar-refractivity contribution >= 4 is 5.91 Å². The van der Waals surface area contributed by atoms with Crippen molar-refractivity contribution in [1.29, 1.82) is 0 Å². The van der Waals surface area contributed by atoms with Crippen molar-refractivity contribution in [3.63, 3.8) is 0 Å². The second kappa shape index (κ2) is 3.42. The molecule has 1 rings (SSSR count). The molecule has 0 aromatic carbocycles. The van der Waals surface area contributed by atoms with E-state index in [0.29, 0.717) is 0 Å². The lowest BCUT2D eigenvalue weighted by molar-refractivity contribution is -0.276. The zero-order valence-corrected chi connectivity index (χ0v) is 8.02. The van der Waals surface area contributed by atoms with Gasteiger partial charge in [0.2, 0.25) is 5.91 Å². The number of likely N-dealkylation sites (tertiary alicyclic amines) is 1. The maximum atomic E-state index is 12.6. The molecule has 3 nitrogen and oxygen atoms in total. The third-order valence-corrected chi connectivity index (χ3v) is 2.45. The number of ether oxygens (including phenoxy) is 1. The fraction of sp³-hybridized carbons (Fsp3) is 0.875. The number of alkyl halides is 3. The molecule has 0 aromatic rings. The summed E-state index contributed by atoms with van der Waals surface area (Å²) in [5.41, 5.74) is -1.85. The van der Waals surface area contributed by atoms with Gasteiger partial charge in [-0.1, -0.05) is 0 Å². The molecule has 0 atom stereocenters. The van der Waals surface area contributed by atoms with Crippen LogP contribution in [0.2, 0.25) is 0 Å². The molecule has 1 amide bonds. The Labute approximate surface area is 79.8 Å². The van der Waals surface area contributed by atoms with Crippen molar-refractivity contribution in [1.82, 2.24) is 4.90 Å². The average molecular weight is 211 g/mol. The van der Waals surface area contributed by atoms with Gasteiger partial charge in [-0.25, -0.2) is 0 Å². The zero-order valence-electron chi connectivity index (χ0n) is 8.02. The van der Waals surface area contributed by atoms with Gasteiger partial charge in [0.05, 0.1) is 6.61 Å². The van der Waals surface area contributed by atoms with Crippen molar-refractivity contribution < 1.29 is 22.7 Å². The van der Waals surface area contributed by atoms with Crippen LogP contribution in [-0.4, -0.2) is 43.8 Å². The van der Waals surface area contributed by atoms with Gasteiger partial charge < -0.3 is 9.64 Å². The monoisotopic (exact) mass is 211 g/mol. The fourth-order valence-electron chi connectivity index (χ4n) is 1.54. The van der Waals surface area contributed by atoms with Gasteiger partial charge in [-0.3, -0.25) is 4.79 Å². The van der Waals surface area contributed by atoms with E-state index in [1.165, 1.54) is 14.0 Å². The van der Waals surface area contributed by atoms with Crippen molar-refractivity contribution in [2.45, 2.75) is 13.1 Å². The van der Waals surface area contributed by atoms with Gasteiger partial charge in [0, 0.05) is 27.1 Å². The minimum atomic E-state index is -4.31. The van der Waals surface area contributed by atoms with E-state index < -0.39 is 11.6 Å². The molecule has 82 valence electrons. The second-order valence-electron chi connectivity index (χ2n) is 3.59. The first-order valence-electron chi connectivity index (χ1n) is 4.13. The maximum Gasteiger partial charge on any atom is 0.400 e. The zero-order chi connectivity index (χ0) is 11.0. The van der Waals surface area contributed by atoms with Crippen LogP contribution in [0, 0.1) is 5.41 Å². The van der Waals surface area contributed by atoms with E-state index in [1.807, 2.05) is 0 Å². The highest BCUT2D eigenvalue weighted by atomic mass is 19.4. The minimum Gasteiger partial charge on any atom is -0.384 e. The van der Waals surface area contributed by atoms with E-state index in [1.54, 1.807) is 0 Å². The molecule has 1 heterocycles. The quantitative estimate of drug-likeness (QED) is 0.683. The molecule has 0 radical (unpaired) electrons. The number of amides is 1. The molecular weight excluding hydrogens is 199 g/mol. The summed E-state index contributed by atoms with van der Waals surface area (Å²) in [5.74, 6) is -0.332. The predicted molar refractivity (Wildman–Crippen MR) is 42.6 cm³/mol. The summed E-state index contributed by atoms with van der Waals surface area (Å²) < 4.78 is 42.2. The summed E-state index contributed by atoms with van der Waals surface area (Å²) in [4.78, 5) is 11.9. The van der Waals surface area contributed by atoms with Crippen LogP contribution in [0.5, 0.6) is 0 Å². The van der Waals surface area contributed by atoms with Gasteiger partial charge in [-0.05, 0) is 0 Å². The molecular formula is C8H12F3NO2. The van der Waals surface area contributed by atoms with E-state index in [9.17, 15) is 18.0 Å². The van der Waals surface area contributed by atoms with E-state index >= 15 is 0 Å². The summed E-state index contributed by atoms with van der Waals surface area (Å²) in [7, 11) is 1.23. The maximum absolute atomic E-state index is 12.6. The number of halogens is 3. The molecule has 1 aliphatic rings. The van der Waals surface area contributed by atoms with E-state index in [-0.39, 0.29) is 25.6 Å². The Bertz CT molecular complexity index is 233. The minimum absolute atomic E-state index is 0.292. The van der Waals surface area contributed by atoms with Crippen LogP contribution in [0.25, 0.3) is 0 Å². The molecule has 0 bridgehead atoms. The van der Waals surface area contributed by atoms with Gasteiger partial charge in [0.15, 0.2) is 0 Å². The Morgan fingerprint density at radius 3 is 2.29 bits per heavy atom. The van der Waals surface area contributed by atoms with Crippen molar-refractivity contribution in [2.75, 3.05) is 26.8 Å². The number of rotatable bonds is 2. The number of carbonyl (C=O) groups is 1. The fourth-order valence-corrected chi connectivity index (χ4v) is 1.54. The lowest BCUT2D eigenvalue weighted by Gasteiger charge is -2.49. The van der Waals surface area contributed by atoms with Gasteiger partial charge >= 0.3 is 6.18 Å². The van der Waals surface area contributed by atoms with Crippen LogP contribution < -0.4 is 0 Å². The number of carbonyl (C=O) groups excluding carboxylic acids is 1. The first kappa shape index (κ1) is 11.3. The van der Waals surface area contributed by atoms with Crippen LogP contribution in [0.3, 0.4) is 0 Å². The van der Waals surface area contributed by atoms with Crippen LogP contribution in [0.1, 0.15) is 6.92 Å². The van der Waals surface area contributed by atoms with Crippen molar-refractivity contribution in [3.05, 3.63) is 0 Å². The van der Waals surface area contributed by atoms with Crippen LogP contribution in [-0.2, 0) is 9.53 Å². The topological polar surface area (TPSA) is 29.5 Å². The average Bonchev–Trinajstić information content (AvgIpc) is 1.91. The Morgan fingerprint density at radius 2 is 2.00 bits per heavy atom. The molecule has 1 saturated heterocycles.